The Hall–Kier alpha value is -2.53. The van der Waals surface area contributed by atoms with Crippen molar-refractivity contribution in [1.82, 2.24) is 5.43 Å². The zero-order valence-corrected chi connectivity index (χ0v) is 11.1. The van der Waals surface area contributed by atoms with Gasteiger partial charge < -0.3 is 9.15 Å². The van der Waals surface area contributed by atoms with E-state index in [0.29, 0.717) is 11.3 Å². The second kappa shape index (κ2) is 6.58. The predicted octanol–water partition coefficient (Wildman–Crippen LogP) is 2.50. The van der Waals surface area contributed by atoms with Crippen molar-refractivity contribution in [3.63, 3.8) is 0 Å². The van der Waals surface area contributed by atoms with E-state index < -0.39 is 5.91 Å². The van der Waals surface area contributed by atoms with E-state index in [-0.39, 0.29) is 6.61 Å². The Balaban J connectivity index is 2.05. The normalized spacial score (nSPS) is 10.7. The van der Waals surface area contributed by atoms with E-state index in [4.69, 9.17) is 15.0 Å². The monoisotopic (exact) mass is 272 g/mol. The molecule has 0 spiro atoms. The summed E-state index contributed by atoms with van der Waals surface area (Å²) in [5.41, 5.74) is 3.40. The highest BCUT2D eigenvalue weighted by molar-refractivity contribution is 5.93. The summed E-state index contributed by atoms with van der Waals surface area (Å²) in [5.74, 6) is 5.97. The first-order chi connectivity index (χ1) is 9.74. The van der Waals surface area contributed by atoms with Crippen molar-refractivity contribution in [1.29, 1.82) is 0 Å². The van der Waals surface area contributed by atoms with Crippen LogP contribution in [0.2, 0.25) is 0 Å². The van der Waals surface area contributed by atoms with Crippen LogP contribution in [-0.4, -0.2) is 5.91 Å². The van der Waals surface area contributed by atoms with Crippen LogP contribution in [0.1, 0.15) is 28.6 Å². The Bertz CT molecular complexity index is 617. The lowest BCUT2D eigenvalue weighted by molar-refractivity contribution is 0.0953. The van der Waals surface area contributed by atoms with Crippen molar-refractivity contribution in [3.8, 4) is 5.75 Å². The average molecular weight is 272 g/mol. The Labute approximate surface area is 117 Å². The van der Waals surface area contributed by atoms with Gasteiger partial charge in [-0.05, 0) is 19.1 Å². The van der Waals surface area contributed by atoms with Crippen LogP contribution >= 0.6 is 0 Å². The van der Waals surface area contributed by atoms with Crippen LogP contribution in [0.4, 0.5) is 0 Å². The number of nitrogens with one attached hydrogen (secondary N) is 1. The molecule has 5 heteroatoms. The Morgan fingerprint density at radius 1 is 1.45 bits per heavy atom. The van der Waals surface area contributed by atoms with E-state index in [0.717, 1.165) is 11.3 Å². The quantitative estimate of drug-likeness (QED) is 0.498. The summed E-state index contributed by atoms with van der Waals surface area (Å²) in [6.07, 6.45) is 5.25. The molecule has 0 aliphatic rings. The molecule has 1 heterocycles. The Kier molecular flexibility index (Phi) is 4.57. The largest absolute Gasteiger partial charge is 0.485 e. The third-order valence-corrected chi connectivity index (χ3v) is 2.68. The lowest BCUT2D eigenvalue weighted by Gasteiger charge is -2.07. The van der Waals surface area contributed by atoms with Gasteiger partial charge in [-0.15, -0.1) is 0 Å². The minimum absolute atomic E-state index is 0.242. The van der Waals surface area contributed by atoms with Gasteiger partial charge in [0.25, 0.3) is 5.91 Å². The van der Waals surface area contributed by atoms with E-state index in [2.05, 4.69) is 0 Å². The number of hydrogen-bond acceptors (Lipinski definition) is 4. The van der Waals surface area contributed by atoms with Crippen LogP contribution in [0.25, 0.3) is 6.08 Å². The van der Waals surface area contributed by atoms with Crippen molar-refractivity contribution in [2.24, 2.45) is 5.84 Å². The molecule has 20 heavy (non-hydrogen) atoms. The lowest BCUT2D eigenvalue weighted by Crippen LogP contribution is -2.29. The molecule has 0 saturated heterocycles. The fourth-order valence-corrected chi connectivity index (χ4v) is 1.74. The van der Waals surface area contributed by atoms with Gasteiger partial charge in [-0.1, -0.05) is 30.4 Å². The molecule has 0 bridgehead atoms. The van der Waals surface area contributed by atoms with E-state index in [1.54, 1.807) is 6.07 Å². The zero-order chi connectivity index (χ0) is 14.4. The molecule has 2 rings (SSSR count). The number of benzene rings is 1. The molecule has 1 aromatic carbocycles. The summed E-state index contributed by atoms with van der Waals surface area (Å²) in [5, 5.41) is 0. The van der Waals surface area contributed by atoms with Crippen LogP contribution in [0, 0.1) is 0 Å². The number of rotatable bonds is 5. The van der Waals surface area contributed by atoms with Crippen molar-refractivity contribution in [2.75, 3.05) is 0 Å². The number of carbonyl (C=O) groups excluding carboxylic acids is 1. The van der Waals surface area contributed by atoms with Gasteiger partial charge in [-0.25, -0.2) is 5.84 Å². The van der Waals surface area contributed by atoms with E-state index in [1.165, 1.54) is 6.26 Å². The summed E-state index contributed by atoms with van der Waals surface area (Å²) < 4.78 is 10.9. The number of para-hydroxylation sites is 1. The predicted molar refractivity (Wildman–Crippen MR) is 75.8 cm³/mol. The fraction of sp³-hybridized carbons (Fsp3) is 0.133. The number of allylic oxidation sites excluding steroid dienone is 1. The second-order valence-corrected chi connectivity index (χ2v) is 4.10. The molecule has 104 valence electrons. The number of ether oxygens (including phenoxy) is 1. The Morgan fingerprint density at radius 2 is 2.25 bits per heavy atom. The summed E-state index contributed by atoms with van der Waals surface area (Å²) in [6.45, 7) is 2.19. The summed E-state index contributed by atoms with van der Waals surface area (Å²) in [7, 11) is 0. The third-order valence-electron chi connectivity index (χ3n) is 2.68. The summed E-state index contributed by atoms with van der Waals surface area (Å²) >= 11 is 0. The van der Waals surface area contributed by atoms with Gasteiger partial charge >= 0.3 is 0 Å². The molecule has 2 aromatic rings. The maximum absolute atomic E-state index is 11.3. The van der Waals surface area contributed by atoms with Gasteiger partial charge in [0.15, 0.2) is 0 Å². The SMILES string of the molecule is CC=Cc1ccccc1OCc1cc(C(=O)NN)co1. The third kappa shape index (κ3) is 3.27. The zero-order valence-electron chi connectivity index (χ0n) is 11.1. The molecule has 3 N–H and O–H groups in total. The van der Waals surface area contributed by atoms with E-state index >= 15 is 0 Å². The topological polar surface area (TPSA) is 77.5 Å². The molecule has 0 unspecified atom stereocenters. The van der Waals surface area contributed by atoms with E-state index in [9.17, 15) is 4.79 Å². The molecule has 1 aromatic heterocycles. The number of nitrogens with two attached hydrogens (primary N) is 1. The first-order valence-corrected chi connectivity index (χ1v) is 6.17. The van der Waals surface area contributed by atoms with Crippen molar-refractivity contribution in [3.05, 3.63) is 59.6 Å². The molecule has 0 saturated carbocycles. The van der Waals surface area contributed by atoms with Crippen LogP contribution in [0.5, 0.6) is 5.75 Å². The summed E-state index contributed by atoms with van der Waals surface area (Å²) in [4.78, 5) is 11.3. The average Bonchev–Trinajstić information content (AvgIpc) is 2.95. The molecule has 0 aliphatic heterocycles. The Morgan fingerprint density at radius 3 is 3.00 bits per heavy atom. The molecule has 1 amide bonds. The van der Waals surface area contributed by atoms with Crippen molar-refractivity contribution >= 4 is 12.0 Å². The maximum atomic E-state index is 11.3. The smallest absolute Gasteiger partial charge is 0.268 e. The maximum Gasteiger partial charge on any atom is 0.268 e. The van der Waals surface area contributed by atoms with Gasteiger partial charge in [-0.2, -0.15) is 0 Å². The van der Waals surface area contributed by atoms with Crippen LogP contribution in [0.15, 0.2) is 47.1 Å². The lowest BCUT2D eigenvalue weighted by atomic mass is 10.2. The number of amides is 1. The second-order valence-electron chi connectivity index (χ2n) is 4.10. The van der Waals surface area contributed by atoms with Gasteiger partial charge in [0.05, 0.1) is 5.56 Å². The van der Waals surface area contributed by atoms with Gasteiger partial charge in [0, 0.05) is 5.56 Å². The van der Waals surface area contributed by atoms with E-state index in [1.807, 2.05) is 48.8 Å². The fourth-order valence-electron chi connectivity index (χ4n) is 1.74. The highest BCUT2D eigenvalue weighted by Crippen LogP contribution is 2.21. The van der Waals surface area contributed by atoms with Crippen LogP contribution in [0.3, 0.4) is 0 Å². The highest BCUT2D eigenvalue weighted by atomic mass is 16.5. The minimum Gasteiger partial charge on any atom is -0.485 e. The number of carbonyl (C=O) groups is 1. The highest BCUT2D eigenvalue weighted by Gasteiger charge is 2.09. The standard InChI is InChI=1S/C15H16N2O3/c1-2-5-11-6-3-4-7-14(11)20-10-13-8-12(9-19-13)15(18)17-16/h2-9H,10,16H2,1H3,(H,17,18). The molecule has 0 atom stereocenters. The van der Waals surface area contributed by atoms with Crippen LogP contribution < -0.4 is 16.0 Å². The molecule has 5 nitrogen and oxygen atoms in total. The molecule has 0 radical (unpaired) electrons. The summed E-state index contributed by atoms with van der Waals surface area (Å²) in [6, 6.07) is 9.29. The van der Waals surface area contributed by atoms with Gasteiger partial charge in [-0.3, -0.25) is 10.2 Å². The molecule has 0 fully saturated rings. The van der Waals surface area contributed by atoms with Crippen molar-refractivity contribution < 1.29 is 13.9 Å². The molecular weight excluding hydrogens is 256 g/mol. The minimum atomic E-state index is -0.394. The molecule has 0 aliphatic carbocycles. The molecular formula is C15H16N2O3. The first-order valence-electron chi connectivity index (χ1n) is 6.17. The number of furan rings is 1. The first kappa shape index (κ1) is 13.9. The van der Waals surface area contributed by atoms with Gasteiger partial charge in [0.2, 0.25) is 0 Å². The number of hydrogen-bond donors (Lipinski definition) is 2. The number of hydrazine groups is 1. The van der Waals surface area contributed by atoms with Crippen molar-refractivity contribution in [2.45, 2.75) is 13.5 Å². The number of nitrogen functional groups attached to an aromatic ring is 1. The van der Waals surface area contributed by atoms with Crippen LogP contribution in [-0.2, 0) is 6.61 Å². The van der Waals surface area contributed by atoms with Gasteiger partial charge in [0.1, 0.15) is 24.4 Å².